The standard InChI is InChI=1S/C18H27NO3/c20-18-16(22-14-15-7-3-1-4-8-15)9-12-21-17(18)13-19-10-5-2-6-11-19/h1,3-4,7-8,16-18,20H,2,5-6,9-14H2/t16-,17-,18+/m1/s1. The Morgan fingerprint density at radius 2 is 1.91 bits per heavy atom. The lowest BCUT2D eigenvalue weighted by molar-refractivity contribution is -0.163. The highest BCUT2D eigenvalue weighted by Gasteiger charge is 2.34. The summed E-state index contributed by atoms with van der Waals surface area (Å²) in [6.45, 7) is 4.31. The normalized spacial score (nSPS) is 30.3. The molecule has 4 heteroatoms. The molecule has 0 aromatic heterocycles. The first-order chi connectivity index (χ1) is 10.8. The molecule has 1 N–H and O–H groups in total. The Morgan fingerprint density at radius 1 is 1.14 bits per heavy atom. The van der Waals surface area contributed by atoms with E-state index in [2.05, 4.69) is 17.0 Å². The van der Waals surface area contributed by atoms with Gasteiger partial charge in [-0.3, -0.25) is 0 Å². The number of aliphatic hydroxyl groups is 1. The smallest absolute Gasteiger partial charge is 0.108 e. The monoisotopic (exact) mass is 305 g/mol. The molecule has 3 rings (SSSR count). The van der Waals surface area contributed by atoms with Gasteiger partial charge in [0.2, 0.25) is 0 Å². The van der Waals surface area contributed by atoms with Crippen molar-refractivity contribution in [2.45, 2.75) is 50.6 Å². The maximum Gasteiger partial charge on any atom is 0.108 e. The summed E-state index contributed by atoms with van der Waals surface area (Å²) >= 11 is 0. The number of likely N-dealkylation sites (tertiary alicyclic amines) is 1. The van der Waals surface area contributed by atoms with Crippen LogP contribution in [-0.4, -0.2) is 54.6 Å². The summed E-state index contributed by atoms with van der Waals surface area (Å²) in [5.74, 6) is 0. The maximum absolute atomic E-state index is 10.6. The Balaban J connectivity index is 1.49. The summed E-state index contributed by atoms with van der Waals surface area (Å²) in [5.41, 5.74) is 1.15. The molecule has 0 unspecified atom stereocenters. The predicted octanol–water partition coefficient (Wildman–Crippen LogP) is 2.21. The SMILES string of the molecule is O[C@H]1[C@H](OCc2ccccc2)CCO[C@@H]1CN1CCCCC1. The van der Waals surface area contributed by atoms with E-state index in [4.69, 9.17) is 9.47 Å². The molecule has 2 saturated heterocycles. The maximum atomic E-state index is 10.6. The van der Waals surface area contributed by atoms with Crippen molar-refractivity contribution in [3.63, 3.8) is 0 Å². The van der Waals surface area contributed by atoms with Crippen molar-refractivity contribution >= 4 is 0 Å². The number of benzene rings is 1. The van der Waals surface area contributed by atoms with E-state index in [0.717, 1.165) is 31.6 Å². The van der Waals surface area contributed by atoms with Gasteiger partial charge in [0, 0.05) is 13.2 Å². The molecule has 122 valence electrons. The number of hydrogen-bond donors (Lipinski definition) is 1. The molecular formula is C18H27NO3. The average molecular weight is 305 g/mol. The minimum Gasteiger partial charge on any atom is -0.388 e. The van der Waals surface area contributed by atoms with Gasteiger partial charge < -0.3 is 19.5 Å². The number of hydrogen-bond acceptors (Lipinski definition) is 4. The number of piperidine rings is 1. The van der Waals surface area contributed by atoms with Gasteiger partial charge in [0.1, 0.15) is 6.10 Å². The van der Waals surface area contributed by atoms with Crippen molar-refractivity contribution in [1.29, 1.82) is 0 Å². The fraction of sp³-hybridized carbons (Fsp3) is 0.667. The zero-order valence-electron chi connectivity index (χ0n) is 13.2. The third-order valence-corrected chi connectivity index (χ3v) is 4.69. The molecule has 0 radical (unpaired) electrons. The van der Waals surface area contributed by atoms with Crippen LogP contribution in [-0.2, 0) is 16.1 Å². The van der Waals surface area contributed by atoms with E-state index in [1.807, 2.05) is 18.2 Å². The number of rotatable bonds is 5. The van der Waals surface area contributed by atoms with Crippen LogP contribution in [0.4, 0.5) is 0 Å². The summed E-state index contributed by atoms with van der Waals surface area (Å²) in [4.78, 5) is 2.41. The van der Waals surface area contributed by atoms with E-state index in [0.29, 0.717) is 13.2 Å². The third-order valence-electron chi connectivity index (χ3n) is 4.69. The van der Waals surface area contributed by atoms with Crippen LogP contribution in [0.1, 0.15) is 31.2 Å². The van der Waals surface area contributed by atoms with Crippen LogP contribution in [0.5, 0.6) is 0 Å². The predicted molar refractivity (Wildman–Crippen MR) is 85.7 cm³/mol. The molecule has 22 heavy (non-hydrogen) atoms. The van der Waals surface area contributed by atoms with Crippen LogP contribution in [0.3, 0.4) is 0 Å². The fourth-order valence-electron chi connectivity index (χ4n) is 3.36. The molecule has 0 saturated carbocycles. The molecular weight excluding hydrogens is 278 g/mol. The summed E-state index contributed by atoms with van der Waals surface area (Å²) in [5, 5.41) is 10.6. The summed E-state index contributed by atoms with van der Waals surface area (Å²) in [6, 6.07) is 10.1. The second-order valence-corrected chi connectivity index (χ2v) is 6.38. The first kappa shape index (κ1) is 15.9. The summed E-state index contributed by atoms with van der Waals surface area (Å²) < 4.78 is 11.8. The number of aliphatic hydroxyl groups excluding tert-OH is 1. The second-order valence-electron chi connectivity index (χ2n) is 6.38. The number of ether oxygens (including phenoxy) is 2. The number of nitrogens with zero attached hydrogens (tertiary/aromatic N) is 1. The largest absolute Gasteiger partial charge is 0.388 e. The Kier molecular flexibility index (Phi) is 5.84. The third kappa shape index (κ3) is 4.29. The van der Waals surface area contributed by atoms with E-state index in [1.54, 1.807) is 0 Å². The zero-order valence-corrected chi connectivity index (χ0v) is 13.2. The topological polar surface area (TPSA) is 41.9 Å². The second kappa shape index (κ2) is 8.06. The minimum atomic E-state index is -0.528. The summed E-state index contributed by atoms with van der Waals surface area (Å²) in [6.07, 6.45) is 3.85. The van der Waals surface area contributed by atoms with Crippen molar-refractivity contribution in [2.75, 3.05) is 26.2 Å². The average Bonchev–Trinajstić information content (AvgIpc) is 2.58. The molecule has 2 aliphatic heterocycles. The van der Waals surface area contributed by atoms with Gasteiger partial charge in [0.25, 0.3) is 0 Å². The van der Waals surface area contributed by atoms with Crippen LogP contribution in [0.2, 0.25) is 0 Å². The lowest BCUT2D eigenvalue weighted by Gasteiger charge is -2.38. The van der Waals surface area contributed by atoms with Gasteiger partial charge >= 0.3 is 0 Å². The highest BCUT2D eigenvalue weighted by Crippen LogP contribution is 2.21. The van der Waals surface area contributed by atoms with Crippen LogP contribution < -0.4 is 0 Å². The van der Waals surface area contributed by atoms with Crippen LogP contribution in [0.25, 0.3) is 0 Å². The van der Waals surface area contributed by atoms with E-state index in [-0.39, 0.29) is 12.2 Å². The molecule has 0 aliphatic carbocycles. The Bertz CT molecular complexity index is 433. The molecule has 0 amide bonds. The van der Waals surface area contributed by atoms with Gasteiger partial charge in [0.05, 0.1) is 18.8 Å². The highest BCUT2D eigenvalue weighted by atomic mass is 16.5. The first-order valence-electron chi connectivity index (χ1n) is 8.50. The van der Waals surface area contributed by atoms with E-state index < -0.39 is 6.10 Å². The molecule has 0 bridgehead atoms. The van der Waals surface area contributed by atoms with E-state index in [9.17, 15) is 5.11 Å². The van der Waals surface area contributed by atoms with Crippen LogP contribution in [0.15, 0.2) is 30.3 Å². The Labute approximate surface area is 133 Å². The molecule has 3 atom stereocenters. The van der Waals surface area contributed by atoms with Crippen molar-refractivity contribution < 1.29 is 14.6 Å². The lowest BCUT2D eigenvalue weighted by Crippen LogP contribution is -2.51. The molecule has 1 aromatic carbocycles. The van der Waals surface area contributed by atoms with Gasteiger partial charge in [-0.2, -0.15) is 0 Å². The van der Waals surface area contributed by atoms with Crippen molar-refractivity contribution in [1.82, 2.24) is 4.90 Å². The quantitative estimate of drug-likeness (QED) is 0.905. The van der Waals surface area contributed by atoms with Crippen molar-refractivity contribution in [3.05, 3.63) is 35.9 Å². The lowest BCUT2D eigenvalue weighted by atomic mass is 10.0. The van der Waals surface area contributed by atoms with Gasteiger partial charge in [-0.1, -0.05) is 36.8 Å². The summed E-state index contributed by atoms with van der Waals surface area (Å²) in [7, 11) is 0. The fourth-order valence-corrected chi connectivity index (χ4v) is 3.36. The Hall–Kier alpha value is -0.940. The molecule has 1 aromatic rings. The van der Waals surface area contributed by atoms with Gasteiger partial charge in [-0.05, 0) is 37.9 Å². The highest BCUT2D eigenvalue weighted by molar-refractivity contribution is 5.13. The molecule has 0 spiro atoms. The molecule has 2 fully saturated rings. The van der Waals surface area contributed by atoms with Gasteiger partial charge in [-0.15, -0.1) is 0 Å². The van der Waals surface area contributed by atoms with Crippen LogP contribution >= 0.6 is 0 Å². The van der Waals surface area contributed by atoms with E-state index >= 15 is 0 Å². The molecule has 2 aliphatic rings. The van der Waals surface area contributed by atoms with Crippen LogP contribution in [0, 0.1) is 0 Å². The zero-order chi connectivity index (χ0) is 15.2. The minimum absolute atomic E-state index is 0.118. The van der Waals surface area contributed by atoms with Crippen molar-refractivity contribution in [2.24, 2.45) is 0 Å². The molecule has 2 heterocycles. The van der Waals surface area contributed by atoms with Crippen molar-refractivity contribution in [3.8, 4) is 0 Å². The van der Waals surface area contributed by atoms with E-state index in [1.165, 1.54) is 19.3 Å². The van der Waals surface area contributed by atoms with Gasteiger partial charge in [0.15, 0.2) is 0 Å². The molecule has 4 nitrogen and oxygen atoms in total. The first-order valence-corrected chi connectivity index (χ1v) is 8.50. The Morgan fingerprint density at radius 3 is 2.68 bits per heavy atom. The van der Waals surface area contributed by atoms with Gasteiger partial charge in [-0.25, -0.2) is 0 Å².